The second kappa shape index (κ2) is 11.0. The SMILES string of the molecule is CCCC(C)(CC(ON1C(C)(C)CCCC1(C)C)c1ccncc1)c1cccc(C(C)(C)N=C=O)c1. The molecule has 1 aromatic carbocycles. The lowest BCUT2D eigenvalue weighted by Gasteiger charge is -2.53. The first-order valence-electron chi connectivity index (χ1n) is 13.4. The van der Waals surface area contributed by atoms with E-state index in [0.717, 1.165) is 43.2 Å². The molecule has 1 aliphatic rings. The molecule has 0 bridgehead atoms. The lowest BCUT2D eigenvalue weighted by molar-refractivity contribution is -0.310. The third kappa shape index (κ3) is 6.32. The lowest BCUT2D eigenvalue weighted by Crippen LogP contribution is -2.58. The molecule has 0 aliphatic carbocycles. The highest BCUT2D eigenvalue weighted by Gasteiger charge is 2.44. The Hall–Kier alpha value is -2.33. The average Bonchev–Trinajstić information content (AvgIpc) is 2.81. The molecule has 2 atom stereocenters. The molecule has 0 saturated carbocycles. The van der Waals surface area contributed by atoms with E-state index in [1.54, 1.807) is 6.08 Å². The van der Waals surface area contributed by atoms with E-state index >= 15 is 0 Å². The van der Waals surface area contributed by atoms with Crippen LogP contribution in [-0.2, 0) is 20.6 Å². The first-order valence-corrected chi connectivity index (χ1v) is 13.4. The van der Waals surface area contributed by atoms with Gasteiger partial charge in [0.25, 0.3) is 0 Å². The van der Waals surface area contributed by atoms with Crippen LogP contribution in [0.3, 0.4) is 0 Å². The highest BCUT2D eigenvalue weighted by molar-refractivity contribution is 5.39. The molecule has 1 aliphatic heterocycles. The van der Waals surface area contributed by atoms with Gasteiger partial charge >= 0.3 is 0 Å². The van der Waals surface area contributed by atoms with E-state index in [1.165, 1.54) is 12.0 Å². The molecular weight excluding hydrogens is 446 g/mol. The van der Waals surface area contributed by atoms with E-state index in [4.69, 9.17) is 4.84 Å². The van der Waals surface area contributed by atoms with E-state index in [9.17, 15) is 4.79 Å². The van der Waals surface area contributed by atoms with Crippen molar-refractivity contribution in [3.63, 3.8) is 0 Å². The highest BCUT2D eigenvalue weighted by atomic mass is 16.7. The highest BCUT2D eigenvalue weighted by Crippen LogP contribution is 2.45. The van der Waals surface area contributed by atoms with Crippen LogP contribution in [-0.4, -0.2) is 27.2 Å². The van der Waals surface area contributed by atoms with Crippen molar-refractivity contribution in [2.75, 3.05) is 0 Å². The van der Waals surface area contributed by atoms with Crippen LogP contribution in [0.4, 0.5) is 0 Å². The van der Waals surface area contributed by atoms with Crippen LogP contribution in [0.2, 0.25) is 0 Å². The first-order chi connectivity index (χ1) is 16.8. The molecule has 0 N–H and O–H groups in total. The Kier molecular flexibility index (Phi) is 8.60. The number of aromatic nitrogens is 1. The lowest BCUT2D eigenvalue weighted by atomic mass is 9.72. The van der Waals surface area contributed by atoms with Gasteiger partial charge in [0.05, 0.1) is 5.54 Å². The number of carbonyl (C=O) groups excluding carboxylic acids is 1. The van der Waals surface area contributed by atoms with Gasteiger partial charge in [-0.2, -0.15) is 10.1 Å². The number of piperidine rings is 1. The molecule has 2 unspecified atom stereocenters. The van der Waals surface area contributed by atoms with E-state index < -0.39 is 5.54 Å². The number of hydrogen-bond acceptors (Lipinski definition) is 5. The fourth-order valence-electron chi connectivity index (χ4n) is 5.96. The normalized spacial score (nSPS) is 20.2. The summed E-state index contributed by atoms with van der Waals surface area (Å²) in [6.07, 6.45) is 11.7. The van der Waals surface area contributed by atoms with E-state index in [2.05, 4.69) is 86.9 Å². The van der Waals surface area contributed by atoms with Gasteiger partial charge in [0, 0.05) is 23.5 Å². The zero-order valence-corrected chi connectivity index (χ0v) is 23.6. The minimum Gasteiger partial charge on any atom is -0.290 e. The molecule has 1 saturated heterocycles. The summed E-state index contributed by atoms with van der Waals surface area (Å²) in [6, 6.07) is 12.7. The van der Waals surface area contributed by atoms with Gasteiger partial charge in [-0.05, 0) is 108 Å². The molecule has 0 radical (unpaired) electrons. The van der Waals surface area contributed by atoms with Gasteiger partial charge in [0.2, 0.25) is 6.08 Å². The number of pyridine rings is 1. The molecule has 5 nitrogen and oxygen atoms in total. The molecule has 0 spiro atoms. The first kappa shape index (κ1) is 28.2. The van der Waals surface area contributed by atoms with Crippen LogP contribution in [0, 0.1) is 0 Å². The zero-order valence-electron chi connectivity index (χ0n) is 23.6. The van der Waals surface area contributed by atoms with Crippen LogP contribution in [0.15, 0.2) is 53.8 Å². The number of rotatable bonds is 10. The number of hydrogen-bond donors (Lipinski definition) is 0. The summed E-state index contributed by atoms with van der Waals surface area (Å²) in [6.45, 7) is 17.7. The number of isocyanates is 1. The predicted octanol–water partition coefficient (Wildman–Crippen LogP) is 7.82. The van der Waals surface area contributed by atoms with Crippen molar-refractivity contribution in [3.8, 4) is 0 Å². The van der Waals surface area contributed by atoms with Crippen molar-refractivity contribution >= 4 is 6.08 Å². The summed E-state index contributed by atoms with van der Waals surface area (Å²) in [4.78, 5) is 26.4. The van der Waals surface area contributed by atoms with E-state index in [1.807, 2.05) is 32.3 Å². The monoisotopic (exact) mass is 491 g/mol. The van der Waals surface area contributed by atoms with Gasteiger partial charge in [0.1, 0.15) is 6.10 Å². The van der Waals surface area contributed by atoms with Crippen molar-refractivity contribution in [2.45, 2.75) is 122 Å². The number of benzene rings is 1. The van der Waals surface area contributed by atoms with Crippen LogP contribution in [0.1, 0.15) is 117 Å². The fraction of sp³-hybridized carbons (Fsp3) is 0.613. The van der Waals surface area contributed by atoms with E-state index in [-0.39, 0.29) is 22.6 Å². The summed E-state index contributed by atoms with van der Waals surface area (Å²) in [7, 11) is 0. The summed E-state index contributed by atoms with van der Waals surface area (Å²) in [5, 5.41) is 2.28. The molecule has 36 heavy (non-hydrogen) atoms. The van der Waals surface area contributed by atoms with Crippen LogP contribution in [0.5, 0.6) is 0 Å². The van der Waals surface area contributed by atoms with Gasteiger partial charge in [-0.15, -0.1) is 0 Å². The van der Waals surface area contributed by atoms with Crippen molar-refractivity contribution in [1.82, 2.24) is 10.0 Å². The second-order valence-corrected chi connectivity index (χ2v) is 12.5. The Labute approximate surface area is 218 Å². The Balaban J connectivity index is 2.04. The van der Waals surface area contributed by atoms with Crippen LogP contribution >= 0.6 is 0 Å². The van der Waals surface area contributed by atoms with Gasteiger partial charge in [-0.3, -0.25) is 9.82 Å². The maximum Gasteiger partial charge on any atom is 0.235 e. The molecule has 5 heteroatoms. The summed E-state index contributed by atoms with van der Waals surface area (Å²) >= 11 is 0. The molecule has 1 fully saturated rings. The predicted molar refractivity (Wildman–Crippen MR) is 146 cm³/mol. The average molecular weight is 492 g/mol. The number of hydroxylamine groups is 2. The molecule has 0 amide bonds. The Morgan fingerprint density at radius 2 is 1.67 bits per heavy atom. The topological polar surface area (TPSA) is 54.8 Å². The van der Waals surface area contributed by atoms with Crippen molar-refractivity contribution in [2.24, 2.45) is 4.99 Å². The Bertz CT molecular complexity index is 1040. The third-order valence-electron chi connectivity index (χ3n) is 8.02. The van der Waals surface area contributed by atoms with Crippen LogP contribution in [0.25, 0.3) is 0 Å². The molecule has 2 heterocycles. The standard InChI is InChI=1S/C31H45N3O2/c1-9-16-31(8,26-13-10-12-25(21-26)30(6,7)33-23-35)22-27(24-14-19-32-20-15-24)36-34-28(2,3)17-11-18-29(34,4)5/h10,12-15,19-21,27H,9,11,16-18,22H2,1-8H3. The largest absolute Gasteiger partial charge is 0.290 e. The van der Waals surface area contributed by atoms with Crippen molar-refractivity contribution in [3.05, 3.63) is 65.5 Å². The molecule has 3 rings (SSSR count). The third-order valence-corrected chi connectivity index (χ3v) is 8.02. The van der Waals surface area contributed by atoms with E-state index in [0.29, 0.717) is 0 Å². The smallest absolute Gasteiger partial charge is 0.235 e. The fourth-order valence-corrected chi connectivity index (χ4v) is 5.96. The molecule has 1 aromatic heterocycles. The van der Waals surface area contributed by atoms with Gasteiger partial charge in [-0.1, -0.05) is 44.5 Å². The second-order valence-electron chi connectivity index (χ2n) is 12.5. The van der Waals surface area contributed by atoms with Crippen molar-refractivity contribution < 1.29 is 9.63 Å². The molecule has 196 valence electrons. The molecule has 2 aromatic rings. The zero-order chi connectivity index (χ0) is 26.6. The minimum atomic E-state index is -0.617. The van der Waals surface area contributed by atoms with Gasteiger partial charge in [0.15, 0.2) is 0 Å². The van der Waals surface area contributed by atoms with Crippen molar-refractivity contribution in [1.29, 1.82) is 0 Å². The maximum atomic E-state index is 11.1. The summed E-state index contributed by atoms with van der Waals surface area (Å²) < 4.78 is 0. The summed E-state index contributed by atoms with van der Waals surface area (Å²) in [5.41, 5.74) is 2.56. The minimum absolute atomic E-state index is 0.0506. The van der Waals surface area contributed by atoms with Gasteiger partial charge < -0.3 is 0 Å². The quantitative estimate of drug-likeness (QED) is 0.251. The van der Waals surface area contributed by atoms with Crippen LogP contribution < -0.4 is 0 Å². The Morgan fingerprint density at radius 3 is 2.25 bits per heavy atom. The Morgan fingerprint density at radius 1 is 1.06 bits per heavy atom. The number of nitrogens with zero attached hydrogens (tertiary/aromatic N) is 3. The number of aliphatic imine (C=N–C) groups is 1. The maximum absolute atomic E-state index is 11.1. The van der Waals surface area contributed by atoms with Gasteiger partial charge in [-0.25, -0.2) is 4.79 Å². The summed E-state index contributed by atoms with van der Waals surface area (Å²) in [5.74, 6) is 0. The molecular formula is C31H45N3O2.